The van der Waals surface area contributed by atoms with Gasteiger partial charge in [0, 0.05) is 26.1 Å². The first-order valence-corrected chi connectivity index (χ1v) is 9.33. The zero-order chi connectivity index (χ0) is 17.3. The van der Waals surface area contributed by atoms with Gasteiger partial charge >= 0.3 is 0 Å². The molecule has 24 heavy (non-hydrogen) atoms. The molecule has 1 N–H and O–H groups in total. The third-order valence-corrected chi connectivity index (χ3v) is 5.82. The third kappa shape index (κ3) is 2.86. The van der Waals surface area contributed by atoms with Crippen molar-refractivity contribution in [3.63, 3.8) is 0 Å². The maximum atomic E-state index is 12.9. The van der Waals surface area contributed by atoms with Crippen LogP contribution in [0.4, 0.5) is 0 Å². The number of aliphatic hydroxyl groups is 1. The molecule has 0 spiro atoms. The Balaban J connectivity index is 2.13. The molecule has 0 atom stereocenters. The SMILES string of the molecule is CCN(CCO)C(=O)c1sc2nc3n(c(=O)c2c1C)CCCCC3. The average Bonchev–Trinajstić information content (AvgIpc) is 2.74. The second kappa shape index (κ2) is 7.03. The molecular formula is C17H23N3O3S. The van der Waals surface area contributed by atoms with E-state index in [0.717, 1.165) is 31.5 Å². The van der Waals surface area contributed by atoms with Gasteiger partial charge in [-0.1, -0.05) is 6.42 Å². The van der Waals surface area contributed by atoms with E-state index >= 15 is 0 Å². The number of carbonyl (C=O) groups is 1. The molecular weight excluding hydrogens is 326 g/mol. The van der Waals surface area contributed by atoms with Crippen LogP contribution in [-0.4, -0.2) is 45.2 Å². The van der Waals surface area contributed by atoms with Crippen molar-refractivity contribution < 1.29 is 9.90 Å². The van der Waals surface area contributed by atoms with Crippen molar-refractivity contribution in [2.75, 3.05) is 19.7 Å². The minimum atomic E-state index is -0.133. The largest absolute Gasteiger partial charge is 0.395 e. The van der Waals surface area contributed by atoms with Gasteiger partial charge in [0.1, 0.15) is 10.7 Å². The number of hydrogen-bond donors (Lipinski definition) is 1. The molecule has 0 bridgehead atoms. The fourth-order valence-corrected chi connectivity index (χ4v) is 4.44. The van der Waals surface area contributed by atoms with E-state index in [0.29, 0.717) is 40.3 Å². The number of likely N-dealkylation sites (N-methyl/N-ethyl adjacent to an activating group) is 1. The lowest BCUT2D eigenvalue weighted by atomic mass is 10.2. The van der Waals surface area contributed by atoms with E-state index in [1.165, 1.54) is 11.3 Å². The molecule has 3 rings (SSSR count). The van der Waals surface area contributed by atoms with Gasteiger partial charge in [-0.05, 0) is 32.3 Å². The zero-order valence-electron chi connectivity index (χ0n) is 14.2. The molecule has 2 aromatic heterocycles. The standard InChI is InChI=1S/C17H23N3O3S/c1-3-19(9-10-21)17(23)14-11(2)13-15(24-14)18-12-7-5-4-6-8-20(12)16(13)22/h21H,3-10H2,1-2H3. The summed E-state index contributed by atoms with van der Waals surface area (Å²) in [6.45, 7) is 5.17. The minimum absolute atomic E-state index is 0.0186. The van der Waals surface area contributed by atoms with Crippen molar-refractivity contribution in [2.45, 2.75) is 46.1 Å². The highest BCUT2D eigenvalue weighted by Gasteiger charge is 2.24. The van der Waals surface area contributed by atoms with Gasteiger partial charge in [-0.15, -0.1) is 11.3 Å². The summed E-state index contributed by atoms with van der Waals surface area (Å²) in [5.41, 5.74) is 0.698. The predicted octanol–water partition coefficient (Wildman–Crippen LogP) is 1.95. The molecule has 0 radical (unpaired) electrons. The van der Waals surface area contributed by atoms with E-state index in [2.05, 4.69) is 0 Å². The smallest absolute Gasteiger partial charge is 0.264 e. The van der Waals surface area contributed by atoms with E-state index in [1.807, 2.05) is 13.8 Å². The van der Waals surface area contributed by atoms with Crippen molar-refractivity contribution in [1.82, 2.24) is 14.5 Å². The number of aliphatic hydroxyl groups excluding tert-OH is 1. The van der Waals surface area contributed by atoms with Crippen LogP contribution >= 0.6 is 11.3 Å². The Bertz CT molecular complexity index is 825. The van der Waals surface area contributed by atoms with Crippen molar-refractivity contribution >= 4 is 27.5 Å². The molecule has 0 saturated heterocycles. The summed E-state index contributed by atoms with van der Waals surface area (Å²) in [7, 11) is 0. The van der Waals surface area contributed by atoms with Crippen molar-refractivity contribution in [3.8, 4) is 0 Å². The summed E-state index contributed by atoms with van der Waals surface area (Å²) in [6, 6.07) is 0. The molecule has 0 saturated carbocycles. The first-order chi connectivity index (χ1) is 11.6. The van der Waals surface area contributed by atoms with E-state index in [-0.39, 0.29) is 18.1 Å². The highest BCUT2D eigenvalue weighted by Crippen LogP contribution is 2.29. The molecule has 6 nitrogen and oxygen atoms in total. The number of carbonyl (C=O) groups excluding carboxylic acids is 1. The van der Waals surface area contributed by atoms with Crippen LogP contribution in [0.3, 0.4) is 0 Å². The number of aryl methyl sites for hydroxylation is 2. The second-order valence-electron chi connectivity index (χ2n) is 6.14. The predicted molar refractivity (Wildman–Crippen MR) is 94.8 cm³/mol. The van der Waals surface area contributed by atoms with Crippen LogP contribution in [-0.2, 0) is 13.0 Å². The highest BCUT2D eigenvalue weighted by molar-refractivity contribution is 7.20. The Morgan fingerprint density at radius 1 is 1.38 bits per heavy atom. The summed E-state index contributed by atoms with van der Waals surface area (Å²) in [5.74, 6) is 0.708. The summed E-state index contributed by atoms with van der Waals surface area (Å²) >= 11 is 1.30. The Morgan fingerprint density at radius 2 is 2.17 bits per heavy atom. The van der Waals surface area contributed by atoms with Gasteiger partial charge in [0.2, 0.25) is 0 Å². The maximum absolute atomic E-state index is 12.9. The molecule has 1 aliphatic heterocycles. The monoisotopic (exact) mass is 349 g/mol. The topological polar surface area (TPSA) is 75.4 Å². The van der Waals surface area contributed by atoms with E-state index in [9.17, 15) is 9.59 Å². The van der Waals surface area contributed by atoms with E-state index < -0.39 is 0 Å². The summed E-state index contributed by atoms with van der Waals surface area (Å²) in [4.78, 5) is 33.2. The molecule has 1 aliphatic rings. The number of rotatable bonds is 4. The number of fused-ring (bicyclic) bond motifs is 2. The Morgan fingerprint density at radius 3 is 2.88 bits per heavy atom. The molecule has 0 fully saturated rings. The number of thiophene rings is 1. The van der Waals surface area contributed by atoms with Crippen molar-refractivity contribution in [1.29, 1.82) is 0 Å². The maximum Gasteiger partial charge on any atom is 0.264 e. The van der Waals surface area contributed by atoms with Crippen LogP contribution < -0.4 is 5.56 Å². The fraction of sp³-hybridized carbons (Fsp3) is 0.588. The molecule has 130 valence electrons. The van der Waals surface area contributed by atoms with Crippen LogP contribution in [0.25, 0.3) is 10.2 Å². The second-order valence-corrected chi connectivity index (χ2v) is 7.14. The average molecular weight is 349 g/mol. The summed E-state index contributed by atoms with van der Waals surface area (Å²) in [5, 5.41) is 9.71. The summed E-state index contributed by atoms with van der Waals surface area (Å²) < 4.78 is 1.79. The Kier molecular flexibility index (Phi) is 5.01. The number of aromatic nitrogens is 2. The van der Waals surface area contributed by atoms with Crippen molar-refractivity contribution in [2.24, 2.45) is 0 Å². The Hall–Kier alpha value is -1.73. The molecule has 3 heterocycles. The Labute approximate surface area is 144 Å². The van der Waals surface area contributed by atoms with Gasteiger partial charge < -0.3 is 10.0 Å². The number of hydrogen-bond acceptors (Lipinski definition) is 5. The van der Waals surface area contributed by atoms with Gasteiger partial charge in [-0.25, -0.2) is 4.98 Å². The van der Waals surface area contributed by atoms with Crippen LogP contribution in [0.2, 0.25) is 0 Å². The molecule has 0 aromatic carbocycles. The van der Waals surface area contributed by atoms with Crippen LogP contribution in [0, 0.1) is 6.92 Å². The fourth-order valence-electron chi connectivity index (χ4n) is 3.28. The number of amides is 1. The van der Waals surface area contributed by atoms with E-state index in [1.54, 1.807) is 9.47 Å². The first kappa shape index (κ1) is 17.1. The molecule has 0 aliphatic carbocycles. The lowest BCUT2D eigenvalue weighted by Gasteiger charge is -2.19. The zero-order valence-corrected chi connectivity index (χ0v) is 15.0. The van der Waals surface area contributed by atoms with Crippen LogP contribution in [0.15, 0.2) is 4.79 Å². The molecule has 7 heteroatoms. The van der Waals surface area contributed by atoms with Gasteiger partial charge in [-0.3, -0.25) is 14.2 Å². The first-order valence-electron chi connectivity index (χ1n) is 8.51. The van der Waals surface area contributed by atoms with Gasteiger partial charge in [-0.2, -0.15) is 0 Å². The quantitative estimate of drug-likeness (QED) is 0.915. The van der Waals surface area contributed by atoms with Crippen LogP contribution in [0.1, 0.15) is 47.2 Å². The molecule has 0 unspecified atom stereocenters. The van der Waals surface area contributed by atoms with Gasteiger partial charge in [0.25, 0.3) is 11.5 Å². The normalized spacial score (nSPS) is 14.5. The lowest BCUT2D eigenvalue weighted by molar-refractivity contribution is 0.0736. The van der Waals surface area contributed by atoms with Crippen LogP contribution in [0.5, 0.6) is 0 Å². The minimum Gasteiger partial charge on any atom is -0.395 e. The van der Waals surface area contributed by atoms with Gasteiger partial charge in [0.05, 0.1) is 16.9 Å². The lowest BCUT2D eigenvalue weighted by Crippen LogP contribution is -2.33. The molecule has 2 aromatic rings. The van der Waals surface area contributed by atoms with Crippen molar-refractivity contribution in [3.05, 3.63) is 26.6 Å². The van der Waals surface area contributed by atoms with Gasteiger partial charge in [0.15, 0.2) is 0 Å². The summed E-state index contributed by atoms with van der Waals surface area (Å²) in [6.07, 6.45) is 3.98. The number of nitrogens with zero attached hydrogens (tertiary/aromatic N) is 3. The highest BCUT2D eigenvalue weighted by atomic mass is 32.1. The third-order valence-electron chi connectivity index (χ3n) is 4.64. The van der Waals surface area contributed by atoms with E-state index in [4.69, 9.17) is 10.1 Å². The molecule has 1 amide bonds.